The van der Waals surface area contributed by atoms with E-state index in [-0.39, 0.29) is 11.8 Å². The van der Waals surface area contributed by atoms with E-state index in [1.54, 1.807) is 12.1 Å². The van der Waals surface area contributed by atoms with Crippen LogP contribution in [0.25, 0.3) is 5.70 Å². The van der Waals surface area contributed by atoms with Crippen molar-refractivity contribution < 1.29 is 4.79 Å². The Kier molecular flexibility index (Phi) is 4.35. The van der Waals surface area contributed by atoms with Gasteiger partial charge in [-0.05, 0) is 48.2 Å². The summed E-state index contributed by atoms with van der Waals surface area (Å²) < 4.78 is 0. The van der Waals surface area contributed by atoms with Crippen LogP contribution in [0, 0.1) is 17.2 Å². The fourth-order valence-electron chi connectivity index (χ4n) is 3.01. The Morgan fingerprint density at radius 1 is 1.25 bits per heavy atom. The number of hydrogen-bond acceptors (Lipinski definition) is 3. The number of carbonyl (C=O) groups excluding carboxylic acids is 1. The zero-order valence-electron chi connectivity index (χ0n) is 13.6. The molecule has 4 nitrogen and oxygen atoms in total. The first-order valence-electron chi connectivity index (χ1n) is 7.95. The van der Waals surface area contributed by atoms with Crippen LogP contribution in [-0.4, -0.2) is 5.91 Å². The molecule has 3 rings (SSSR count). The molecule has 120 valence electrons. The van der Waals surface area contributed by atoms with E-state index in [1.165, 1.54) is 0 Å². The van der Waals surface area contributed by atoms with Gasteiger partial charge in [0.1, 0.15) is 0 Å². The van der Waals surface area contributed by atoms with Gasteiger partial charge in [-0.15, -0.1) is 0 Å². The third kappa shape index (κ3) is 3.31. The molecule has 0 saturated carbocycles. The van der Waals surface area contributed by atoms with Crippen molar-refractivity contribution in [3.63, 3.8) is 0 Å². The highest BCUT2D eigenvalue weighted by molar-refractivity contribution is 5.94. The second-order valence-electron chi connectivity index (χ2n) is 6.19. The van der Waals surface area contributed by atoms with Gasteiger partial charge in [0.2, 0.25) is 5.91 Å². The van der Waals surface area contributed by atoms with Crippen LogP contribution in [0.2, 0.25) is 0 Å². The summed E-state index contributed by atoms with van der Waals surface area (Å²) in [6.45, 7) is 6.24. The SMILES string of the molecule is C=C(Nc1ccc(C#N)cc1)c1cccc2c1C[C@@H](C)CC(=O)N2. The average Bonchev–Trinajstić information content (AvgIpc) is 2.71. The normalized spacial score (nSPS) is 16.3. The molecule has 4 heteroatoms. The number of fused-ring (bicyclic) bond motifs is 1. The van der Waals surface area contributed by atoms with Crippen LogP contribution in [0.15, 0.2) is 49.0 Å². The first-order valence-corrected chi connectivity index (χ1v) is 7.95. The fraction of sp³-hybridized carbons (Fsp3) is 0.200. The smallest absolute Gasteiger partial charge is 0.224 e. The lowest BCUT2D eigenvalue weighted by molar-refractivity contribution is -0.116. The molecular formula is C20H19N3O. The van der Waals surface area contributed by atoms with Crippen molar-refractivity contribution in [2.75, 3.05) is 10.6 Å². The van der Waals surface area contributed by atoms with E-state index in [4.69, 9.17) is 5.26 Å². The minimum Gasteiger partial charge on any atom is -0.356 e. The fourth-order valence-corrected chi connectivity index (χ4v) is 3.01. The van der Waals surface area contributed by atoms with Crippen molar-refractivity contribution in [2.45, 2.75) is 19.8 Å². The van der Waals surface area contributed by atoms with Crippen LogP contribution in [-0.2, 0) is 11.2 Å². The van der Waals surface area contributed by atoms with E-state index in [9.17, 15) is 4.79 Å². The summed E-state index contributed by atoms with van der Waals surface area (Å²) >= 11 is 0. The highest BCUT2D eigenvalue weighted by Crippen LogP contribution is 2.31. The predicted octanol–water partition coefficient (Wildman–Crippen LogP) is 4.16. The molecular weight excluding hydrogens is 298 g/mol. The van der Waals surface area contributed by atoms with Crippen LogP contribution in [0.5, 0.6) is 0 Å². The highest BCUT2D eigenvalue weighted by atomic mass is 16.1. The van der Waals surface area contributed by atoms with Crippen LogP contribution < -0.4 is 10.6 Å². The third-order valence-electron chi connectivity index (χ3n) is 4.17. The van der Waals surface area contributed by atoms with E-state index >= 15 is 0 Å². The number of nitrogens with one attached hydrogen (secondary N) is 2. The van der Waals surface area contributed by atoms with Gasteiger partial charge < -0.3 is 10.6 Å². The molecule has 0 bridgehead atoms. The number of amides is 1. The van der Waals surface area contributed by atoms with Crippen molar-refractivity contribution in [3.8, 4) is 6.07 Å². The summed E-state index contributed by atoms with van der Waals surface area (Å²) in [5.74, 6) is 0.346. The lowest BCUT2D eigenvalue weighted by Gasteiger charge is -2.17. The number of nitrogens with zero attached hydrogens (tertiary/aromatic N) is 1. The molecule has 0 aliphatic carbocycles. The lowest BCUT2D eigenvalue weighted by atomic mass is 9.93. The van der Waals surface area contributed by atoms with E-state index in [1.807, 2.05) is 30.3 Å². The van der Waals surface area contributed by atoms with Gasteiger partial charge in [-0.2, -0.15) is 5.26 Å². The largest absolute Gasteiger partial charge is 0.356 e. The second kappa shape index (κ2) is 6.59. The molecule has 2 aromatic carbocycles. The summed E-state index contributed by atoms with van der Waals surface area (Å²) in [4.78, 5) is 11.9. The Hall–Kier alpha value is -3.06. The van der Waals surface area contributed by atoms with Crippen molar-refractivity contribution >= 4 is 23.0 Å². The van der Waals surface area contributed by atoms with Gasteiger partial charge in [-0.25, -0.2) is 0 Å². The minimum absolute atomic E-state index is 0.0593. The van der Waals surface area contributed by atoms with Gasteiger partial charge in [0.05, 0.1) is 11.6 Å². The average molecular weight is 317 g/mol. The Morgan fingerprint density at radius 2 is 2.00 bits per heavy atom. The maximum atomic E-state index is 11.9. The molecule has 24 heavy (non-hydrogen) atoms. The maximum Gasteiger partial charge on any atom is 0.224 e. The van der Waals surface area contributed by atoms with Gasteiger partial charge in [-0.1, -0.05) is 25.6 Å². The number of carbonyl (C=O) groups is 1. The molecule has 0 radical (unpaired) electrons. The maximum absolute atomic E-state index is 11.9. The Bertz CT molecular complexity index is 831. The molecule has 1 aliphatic heterocycles. The zero-order valence-corrected chi connectivity index (χ0v) is 13.6. The second-order valence-corrected chi connectivity index (χ2v) is 6.19. The van der Waals surface area contributed by atoms with Crippen molar-refractivity contribution in [2.24, 2.45) is 5.92 Å². The van der Waals surface area contributed by atoms with Gasteiger partial charge in [-0.3, -0.25) is 4.79 Å². The molecule has 0 fully saturated rings. The molecule has 2 aromatic rings. The molecule has 1 amide bonds. The molecule has 2 N–H and O–H groups in total. The van der Waals surface area contributed by atoms with Crippen molar-refractivity contribution in [3.05, 3.63) is 65.7 Å². The molecule has 0 unspecified atom stereocenters. The standard InChI is InChI=1S/C20H19N3O/c1-13-10-18-17(4-3-5-19(18)23-20(24)11-13)14(2)22-16-8-6-15(12-21)7-9-16/h3-9,13,22H,2,10-11H2,1H3,(H,23,24)/t13-/m1/s1. The number of hydrogen-bond donors (Lipinski definition) is 2. The van der Waals surface area contributed by atoms with Crippen LogP contribution in [0.3, 0.4) is 0 Å². The number of nitriles is 1. The van der Waals surface area contributed by atoms with Crippen LogP contribution in [0.1, 0.15) is 30.0 Å². The first-order chi connectivity index (χ1) is 11.6. The summed E-state index contributed by atoms with van der Waals surface area (Å²) in [5, 5.41) is 15.1. The molecule has 1 heterocycles. The van der Waals surface area contributed by atoms with Crippen molar-refractivity contribution in [1.29, 1.82) is 5.26 Å². The Balaban J connectivity index is 1.89. The van der Waals surface area contributed by atoms with E-state index in [2.05, 4.69) is 30.2 Å². The number of anilines is 2. The van der Waals surface area contributed by atoms with Gasteiger partial charge >= 0.3 is 0 Å². The quantitative estimate of drug-likeness (QED) is 0.893. The van der Waals surface area contributed by atoms with E-state index in [0.717, 1.165) is 34.6 Å². The van der Waals surface area contributed by atoms with E-state index < -0.39 is 0 Å². The van der Waals surface area contributed by atoms with Gasteiger partial charge in [0.15, 0.2) is 0 Å². The molecule has 1 atom stereocenters. The van der Waals surface area contributed by atoms with Crippen molar-refractivity contribution in [1.82, 2.24) is 0 Å². The minimum atomic E-state index is 0.0593. The Labute approximate surface area is 141 Å². The van der Waals surface area contributed by atoms with Gasteiger partial charge in [0.25, 0.3) is 0 Å². The van der Waals surface area contributed by atoms with Crippen LogP contribution >= 0.6 is 0 Å². The van der Waals surface area contributed by atoms with E-state index in [0.29, 0.717) is 12.0 Å². The van der Waals surface area contributed by atoms with Gasteiger partial charge in [0, 0.05) is 29.1 Å². The lowest BCUT2D eigenvalue weighted by Crippen LogP contribution is -2.11. The summed E-state index contributed by atoms with van der Waals surface area (Å²) in [7, 11) is 0. The topological polar surface area (TPSA) is 64.9 Å². The number of rotatable bonds is 3. The predicted molar refractivity (Wildman–Crippen MR) is 96.4 cm³/mol. The monoisotopic (exact) mass is 317 g/mol. The molecule has 0 spiro atoms. The highest BCUT2D eigenvalue weighted by Gasteiger charge is 2.21. The molecule has 0 aromatic heterocycles. The molecule has 0 saturated heterocycles. The summed E-state index contributed by atoms with van der Waals surface area (Å²) in [5.41, 5.74) is 5.26. The molecule has 1 aliphatic rings. The summed E-state index contributed by atoms with van der Waals surface area (Å²) in [6.07, 6.45) is 1.36. The van der Waals surface area contributed by atoms with Crippen LogP contribution in [0.4, 0.5) is 11.4 Å². The number of benzene rings is 2. The third-order valence-corrected chi connectivity index (χ3v) is 4.17. The first kappa shape index (κ1) is 15.8. The zero-order chi connectivity index (χ0) is 17.1. The Morgan fingerprint density at radius 3 is 2.71 bits per heavy atom. The summed E-state index contributed by atoms with van der Waals surface area (Å²) in [6, 6.07) is 15.2.